The molecule has 0 aliphatic heterocycles. The largest absolute Gasteiger partial charge is 0.383 e. The van der Waals surface area contributed by atoms with Crippen LogP contribution in [0, 0.1) is 13.8 Å². The van der Waals surface area contributed by atoms with Gasteiger partial charge in [-0.3, -0.25) is 0 Å². The van der Waals surface area contributed by atoms with E-state index in [9.17, 15) is 5.11 Å². The maximum absolute atomic E-state index is 10.1. The molecule has 1 aromatic heterocycles. The van der Waals surface area contributed by atoms with E-state index in [-0.39, 0.29) is 6.10 Å². The van der Waals surface area contributed by atoms with Gasteiger partial charge in [0, 0.05) is 9.75 Å². The topological polar surface area (TPSA) is 20.2 Å². The quantitative estimate of drug-likeness (QED) is 0.737. The molecule has 0 bridgehead atoms. The summed E-state index contributed by atoms with van der Waals surface area (Å²) in [5, 5.41) is 10.1. The lowest BCUT2D eigenvalue weighted by molar-refractivity contribution is 0.216. The van der Waals surface area contributed by atoms with Crippen molar-refractivity contribution in [2.24, 2.45) is 0 Å². The van der Waals surface area contributed by atoms with Gasteiger partial charge in [-0.25, -0.2) is 0 Å². The van der Waals surface area contributed by atoms with Gasteiger partial charge in [0.2, 0.25) is 0 Å². The van der Waals surface area contributed by atoms with E-state index in [0.717, 1.165) is 17.7 Å². The molecule has 0 amide bonds. The first-order valence-electron chi connectivity index (χ1n) is 5.12. The fourth-order valence-corrected chi connectivity index (χ4v) is 2.94. The fraction of sp³-hybridized carbons (Fsp3) is 0.500. The number of thiophene rings is 1. The third-order valence-electron chi connectivity index (χ3n) is 2.88. The number of rotatable bonds is 2. The first-order valence-corrected chi connectivity index (χ1v) is 5.94. The maximum Gasteiger partial charge on any atom is 0.109 e. The molecule has 76 valence electrons. The van der Waals surface area contributed by atoms with Gasteiger partial charge in [0.15, 0.2) is 0 Å². The third kappa shape index (κ3) is 1.77. The second-order valence-electron chi connectivity index (χ2n) is 3.96. The van der Waals surface area contributed by atoms with Crippen molar-refractivity contribution >= 4 is 11.3 Å². The lowest BCUT2D eigenvalue weighted by Gasteiger charge is -2.08. The highest BCUT2D eigenvalue weighted by Crippen LogP contribution is 2.35. The van der Waals surface area contributed by atoms with Crippen molar-refractivity contribution in [3.8, 4) is 0 Å². The zero-order valence-corrected chi connectivity index (χ0v) is 9.53. The van der Waals surface area contributed by atoms with Crippen LogP contribution in [-0.4, -0.2) is 5.11 Å². The minimum Gasteiger partial charge on any atom is -0.383 e. The van der Waals surface area contributed by atoms with Crippen LogP contribution in [0.25, 0.3) is 0 Å². The predicted molar refractivity (Wildman–Crippen MR) is 60.7 cm³/mol. The number of hydrogen-bond donors (Lipinski definition) is 1. The Labute approximate surface area is 89.1 Å². The molecule has 14 heavy (non-hydrogen) atoms. The van der Waals surface area contributed by atoms with E-state index in [2.05, 4.69) is 26.0 Å². The molecule has 1 heterocycles. The summed E-state index contributed by atoms with van der Waals surface area (Å²) in [6, 6.07) is 2.11. The van der Waals surface area contributed by atoms with Crippen molar-refractivity contribution in [3.05, 3.63) is 33.0 Å². The van der Waals surface area contributed by atoms with Crippen molar-refractivity contribution < 1.29 is 5.11 Å². The van der Waals surface area contributed by atoms with Crippen molar-refractivity contribution in [2.45, 2.75) is 39.2 Å². The molecular weight excluding hydrogens is 192 g/mol. The Morgan fingerprint density at radius 3 is 2.71 bits per heavy atom. The smallest absolute Gasteiger partial charge is 0.109 e. The predicted octanol–water partition coefficient (Wildman–Crippen LogP) is 3.51. The summed E-state index contributed by atoms with van der Waals surface area (Å²) in [5.74, 6) is 0. The van der Waals surface area contributed by atoms with Crippen LogP contribution in [0.3, 0.4) is 0 Å². The molecule has 1 N–H and O–H groups in total. The van der Waals surface area contributed by atoms with Crippen molar-refractivity contribution in [2.75, 3.05) is 0 Å². The third-order valence-corrected chi connectivity index (χ3v) is 4.09. The first kappa shape index (κ1) is 9.94. The van der Waals surface area contributed by atoms with Crippen molar-refractivity contribution in [1.82, 2.24) is 0 Å². The Morgan fingerprint density at radius 1 is 1.43 bits per heavy atom. The van der Waals surface area contributed by atoms with Crippen LogP contribution >= 0.6 is 11.3 Å². The van der Waals surface area contributed by atoms with Gasteiger partial charge in [-0.2, -0.15) is 0 Å². The van der Waals surface area contributed by atoms with Gasteiger partial charge in [0.05, 0.1) is 0 Å². The van der Waals surface area contributed by atoms with E-state index in [0.29, 0.717) is 0 Å². The van der Waals surface area contributed by atoms with Crippen LogP contribution in [-0.2, 0) is 0 Å². The van der Waals surface area contributed by atoms with Crippen molar-refractivity contribution in [1.29, 1.82) is 0 Å². The van der Waals surface area contributed by atoms with Crippen LogP contribution in [0.4, 0.5) is 0 Å². The monoisotopic (exact) mass is 208 g/mol. The van der Waals surface area contributed by atoms with Crippen LogP contribution in [0.2, 0.25) is 0 Å². The summed E-state index contributed by atoms with van der Waals surface area (Å²) in [4.78, 5) is 2.42. The molecule has 0 saturated carbocycles. The Bertz CT molecular complexity index is 343. The van der Waals surface area contributed by atoms with Gasteiger partial charge in [-0.05, 0) is 50.3 Å². The molecule has 1 unspecified atom stereocenters. The summed E-state index contributed by atoms with van der Waals surface area (Å²) in [6.45, 7) is 4.21. The molecule has 1 aliphatic carbocycles. The van der Waals surface area contributed by atoms with E-state index in [4.69, 9.17) is 0 Å². The lowest BCUT2D eigenvalue weighted by atomic mass is 10.1. The normalized spacial score (nSPS) is 18.4. The number of aliphatic hydroxyl groups is 1. The van der Waals surface area contributed by atoms with E-state index < -0.39 is 0 Å². The molecular formula is C12H16OS. The van der Waals surface area contributed by atoms with Crippen molar-refractivity contribution in [3.63, 3.8) is 0 Å². The van der Waals surface area contributed by atoms with Gasteiger partial charge >= 0.3 is 0 Å². The summed E-state index contributed by atoms with van der Waals surface area (Å²) >= 11 is 1.72. The summed E-state index contributed by atoms with van der Waals surface area (Å²) in [5.41, 5.74) is 2.51. The summed E-state index contributed by atoms with van der Waals surface area (Å²) in [6.07, 6.45) is 5.26. The van der Waals surface area contributed by atoms with Crippen LogP contribution in [0.15, 0.2) is 17.7 Å². The molecule has 0 spiro atoms. The number of hydrogen-bond acceptors (Lipinski definition) is 2. The minimum atomic E-state index is -0.338. The molecule has 2 heteroatoms. The second kappa shape index (κ2) is 3.87. The molecule has 0 radical (unpaired) electrons. The van der Waals surface area contributed by atoms with E-state index in [1.165, 1.54) is 22.4 Å². The van der Waals surface area contributed by atoms with Gasteiger partial charge in [-0.1, -0.05) is 6.08 Å². The van der Waals surface area contributed by atoms with E-state index in [1.54, 1.807) is 11.3 Å². The maximum atomic E-state index is 10.1. The molecule has 1 aromatic rings. The van der Waals surface area contributed by atoms with Crippen LogP contribution in [0.5, 0.6) is 0 Å². The van der Waals surface area contributed by atoms with Crippen LogP contribution in [0.1, 0.15) is 40.7 Å². The fourth-order valence-electron chi connectivity index (χ4n) is 1.86. The van der Waals surface area contributed by atoms with Gasteiger partial charge < -0.3 is 5.11 Å². The Balaban J connectivity index is 2.22. The van der Waals surface area contributed by atoms with Gasteiger partial charge in [0.1, 0.15) is 6.10 Å². The molecule has 1 atom stereocenters. The molecule has 2 rings (SSSR count). The van der Waals surface area contributed by atoms with Gasteiger partial charge in [-0.15, -0.1) is 11.3 Å². The zero-order valence-electron chi connectivity index (χ0n) is 8.71. The lowest BCUT2D eigenvalue weighted by Crippen LogP contribution is -1.96. The molecule has 1 nitrogen and oxygen atoms in total. The van der Waals surface area contributed by atoms with Gasteiger partial charge in [0.25, 0.3) is 0 Å². The molecule has 0 aromatic carbocycles. The molecule has 0 fully saturated rings. The van der Waals surface area contributed by atoms with E-state index in [1.807, 2.05) is 0 Å². The Hall–Kier alpha value is -0.600. The number of allylic oxidation sites excluding steroid dienone is 1. The first-order chi connectivity index (χ1) is 6.68. The highest BCUT2D eigenvalue weighted by atomic mass is 32.1. The average Bonchev–Trinajstić information content (AvgIpc) is 2.76. The summed E-state index contributed by atoms with van der Waals surface area (Å²) < 4.78 is 0. The zero-order chi connectivity index (χ0) is 10.1. The summed E-state index contributed by atoms with van der Waals surface area (Å²) in [7, 11) is 0. The second-order valence-corrected chi connectivity index (χ2v) is 5.25. The molecule has 1 aliphatic rings. The Kier molecular flexibility index (Phi) is 2.75. The number of aliphatic hydroxyl groups excluding tert-OH is 1. The molecule has 0 saturated heterocycles. The highest BCUT2D eigenvalue weighted by Gasteiger charge is 2.18. The minimum absolute atomic E-state index is 0.338. The SMILES string of the molecule is Cc1cc(C(O)C2=CCCC2)sc1C. The Morgan fingerprint density at radius 2 is 2.21 bits per heavy atom. The standard InChI is InChI=1S/C12H16OS/c1-8-7-11(14-9(8)2)12(13)10-5-3-4-6-10/h5,7,12-13H,3-4,6H2,1-2H3. The number of aryl methyl sites for hydroxylation is 2. The average molecular weight is 208 g/mol. The highest BCUT2D eigenvalue weighted by molar-refractivity contribution is 7.12. The van der Waals surface area contributed by atoms with E-state index >= 15 is 0 Å². The van der Waals surface area contributed by atoms with Crippen LogP contribution < -0.4 is 0 Å².